The van der Waals surface area contributed by atoms with Gasteiger partial charge in [0.1, 0.15) is 0 Å². The number of fused-ring (bicyclic) bond motifs is 1. The average molecular weight is 409 g/mol. The van der Waals surface area contributed by atoms with Crippen LogP contribution < -0.4 is 5.32 Å². The Labute approximate surface area is 141 Å². The van der Waals surface area contributed by atoms with Gasteiger partial charge in [-0.15, -0.1) is 0 Å². The molecule has 0 fully saturated rings. The van der Waals surface area contributed by atoms with Crippen molar-refractivity contribution < 1.29 is 4.79 Å². The largest absolute Gasteiger partial charge is 0.352 e. The number of hydrogen-bond acceptors (Lipinski definition) is 1. The Kier molecular flexibility index (Phi) is 4.18. The summed E-state index contributed by atoms with van der Waals surface area (Å²) >= 11 is 7.30. The summed E-state index contributed by atoms with van der Waals surface area (Å²) in [5, 5.41) is 2.90. The lowest BCUT2D eigenvalue weighted by atomic mass is 9.95. The fourth-order valence-electron chi connectivity index (χ4n) is 2.69. The summed E-state index contributed by atoms with van der Waals surface area (Å²) in [5.41, 5.74) is 5.42. The highest BCUT2D eigenvalue weighted by molar-refractivity contribution is 9.10. The van der Waals surface area contributed by atoms with Crippen molar-refractivity contribution in [1.29, 1.82) is 0 Å². The summed E-state index contributed by atoms with van der Waals surface area (Å²) in [7, 11) is 0. The molecule has 1 amide bonds. The zero-order valence-corrected chi connectivity index (χ0v) is 14.8. The number of rotatable bonds is 2. The quantitative estimate of drug-likeness (QED) is 0.726. The van der Waals surface area contributed by atoms with Gasteiger partial charge < -0.3 is 5.32 Å². The maximum absolute atomic E-state index is 12.0. The van der Waals surface area contributed by atoms with Crippen LogP contribution in [0, 0.1) is 6.92 Å². The van der Waals surface area contributed by atoms with E-state index in [0.29, 0.717) is 0 Å². The number of hydrogen-bond donors (Lipinski definition) is 1. The molecule has 0 spiro atoms. The molecule has 0 radical (unpaired) electrons. The van der Waals surface area contributed by atoms with E-state index in [1.54, 1.807) is 0 Å². The summed E-state index contributed by atoms with van der Waals surface area (Å²) in [6.07, 6.45) is 0.907. The number of benzene rings is 2. The van der Waals surface area contributed by atoms with Gasteiger partial charge in [0.25, 0.3) is 5.91 Å². The van der Waals surface area contributed by atoms with Gasteiger partial charge in [-0.05, 0) is 53.8 Å². The van der Waals surface area contributed by atoms with Gasteiger partial charge in [0.05, 0.1) is 4.83 Å². The summed E-state index contributed by atoms with van der Waals surface area (Å²) in [4.78, 5) is 12.0. The van der Waals surface area contributed by atoms with E-state index in [4.69, 9.17) is 0 Å². The van der Waals surface area contributed by atoms with Gasteiger partial charge in [-0.3, -0.25) is 4.79 Å². The maximum atomic E-state index is 12.0. The molecule has 21 heavy (non-hydrogen) atoms. The summed E-state index contributed by atoms with van der Waals surface area (Å²) in [6.45, 7) is 2.81. The molecule has 3 rings (SSSR count). The highest BCUT2D eigenvalue weighted by Gasteiger charge is 2.19. The molecule has 2 aromatic carbocycles. The fraction of sp³-hybridized carbons (Fsp3) is 0.235. The number of alkyl halides is 1. The van der Waals surface area contributed by atoms with Crippen molar-refractivity contribution >= 4 is 37.8 Å². The lowest BCUT2D eigenvalue weighted by Crippen LogP contribution is -2.31. The third-order valence-electron chi connectivity index (χ3n) is 3.71. The SMILES string of the molecule is Cc1cc(Br)cc(C(Br)c2ccc3c(c2)C(=O)NCC3)c1. The van der Waals surface area contributed by atoms with Crippen LogP contribution in [-0.2, 0) is 6.42 Å². The van der Waals surface area contributed by atoms with Crippen LogP contribution in [0.25, 0.3) is 0 Å². The minimum absolute atomic E-state index is 0.0308. The number of carbonyl (C=O) groups is 1. The van der Waals surface area contributed by atoms with E-state index in [1.807, 2.05) is 6.07 Å². The van der Waals surface area contributed by atoms with Crippen molar-refractivity contribution in [1.82, 2.24) is 5.32 Å². The summed E-state index contributed by atoms with van der Waals surface area (Å²) < 4.78 is 1.07. The van der Waals surface area contributed by atoms with Crippen LogP contribution in [0.2, 0.25) is 0 Å². The van der Waals surface area contributed by atoms with Crippen molar-refractivity contribution in [3.8, 4) is 0 Å². The molecule has 0 saturated heterocycles. The van der Waals surface area contributed by atoms with Crippen molar-refractivity contribution in [3.63, 3.8) is 0 Å². The first-order valence-electron chi connectivity index (χ1n) is 6.87. The van der Waals surface area contributed by atoms with Gasteiger partial charge in [-0.2, -0.15) is 0 Å². The van der Waals surface area contributed by atoms with Crippen molar-refractivity contribution in [3.05, 3.63) is 68.7 Å². The zero-order valence-electron chi connectivity index (χ0n) is 11.6. The average Bonchev–Trinajstić information content (AvgIpc) is 2.45. The Morgan fingerprint density at radius 2 is 1.95 bits per heavy atom. The fourth-order valence-corrected chi connectivity index (χ4v) is 3.86. The predicted molar refractivity (Wildman–Crippen MR) is 92.1 cm³/mol. The van der Waals surface area contributed by atoms with Crippen LogP contribution in [0.1, 0.15) is 37.4 Å². The van der Waals surface area contributed by atoms with Crippen molar-refractivity contribution in [2.24, 2.45) is 0 Å². The topological polar surface area (TPSA) is 29.1 Å². The molecule has 0 aromatic heterocycles. The molecule has 1 aliphatic heterocycles. The van der Waals surface area contributed by atoms with Gasteiger partial charge in [-0.1, -0.05) is 50.1 Å². The van der Waals surface area contributed by atoms with Gasteiger partial charge in [-0.25, -0.2) is 0 Å². The highest BCUT2D eigenvalue weighted by Crippen LogP contribution is 2.34. The van der Waals surface area contributed by atoms with Gasteiger partial charge in [0, 0.05) is 16.6 Å². The molecule has 2 aromatic rings. The molecule has 108 valence electrons. The van der Waals surface area contributed by atoms with E-state index in [0.717, 1.165) is 34.1 Å². The van der Waals surface area contributed by atoms with E-state index in [2.05, 4.69) is 74.4 Å². The molecule has 1 N–H and O–H groups in total. The Bertz CT molecular complexity index is 692. The second kappa shape index (κ2) is 5.93. The third-order valence-corrected chi connectivity index (χ3v) is 5.22. The smallest absolute Gasteiger partial charge is 0.251 e. The number of aryl methyl sites for hydroxylation is 1. The summed E-state index contributed by atoms with van der Waals surface area (Å²) in [6, 6.07) is 12.5. The molecule has 1 unspecified atom stereocenters. The highest BCUT2D eigenvalue weighted by atomic mass is 79.9. The number of nitrogens with one attached hydrogen (secondary N) is 1. The second-order valence-corrected chi connectivity index (χ2v) is 7.18. The summed E-state index contributed by atoms with van der Waals surface area (Å²) in [5.74, 6) is 0.0308. The first-order chi connectivity index (χ1) is 10.0. The number of halogens is 2. The van der Waals surface area contributed by atoms with Gasteiger partial charge in [0.15, 0.2) is 0 Å². The number of amides is 1. The first-order valence-corrected chi connectivity index (χ1v) is 8.57. The predicted octanol–water partition coefficient (Wildman–Crippen LogP) is 4.53. The van der Waals surface area contributed by atoms with Gasteiger partial charge >= 0.3 is 0 Å². The molecule has 0 bridgehead atoms. The van der Waals surface area contributed by atoms with Crippen molar-refractivity contribution in [2.75, 3.05) is 6.54 Å². The number of carbonyl (C=O) groups excluding carboxylic acids is 1. The van der Waals surface area contributed by atoms with Crippen LogP contribution >= 0.6 is 31.9 Å². The Hall–Kier alpha value is -1.13. The van der Waals surface area contributed by atoms with Crippen molar-refractivity contribution in [2.45, 2.75) is 18.2 Å². The van der Waals surface area contributed by atoms with E-state index >= 15 is 0 Å². The minimum atomic E-state index is 0.0308. The van der Waals surface area contributed by atoms with E-state index in [-0.39, 0.29) is 10.7 Å². The zero-order chi connectivity index (χ0) is 15.0. The monoisotopic (exact) mass is 407 g/mol. The van der Waals surface area contributed by atoms with Crippen LogP contribution in [0.5, 0.6) is 0 Å². The lowest BCUT2D eigenvalue weighted by Gasteiger charge is -2.19. The van der Waals surface area contributed by atoms with E-state index in [1.165, 1.54) is 11.1 Å². The normalized spacial score (nSPS) is 15.3. The standard InChI is InChI=1S/C17H15Br2NO/c1-10-6-13(8-14(18)7-10)16(19)12-3-2-11-4-5-20-17(21)15(11)9-12/h2-3,6-9,16H,4-5H2,1H3,(H,20,21). The Balaban J connectivity index is 2.00. The Morgan fingerprint density at radius 3 is 2.71 bits per heavy atom. The van der Waals surface area contributed by atoms with Crippen LogP contribution in [-0.4, -0.2) is 12.5 Å². The first kappa shape index (κ1) is 14.8. The third kappa shape index (κ3) is 3.06. The van der Waals surface area contributed by atoms with E-state index < -0.39 is 0 Å². The molecule has 4 heteroatoms. The lowest BCUT2D eigenvalue weighted by molar-refractivity contribution is 0.0946. The van der Waals surface area contributed by atoms with Gasteiger partial charge in [0.2, 0.25) is 0 Å². The molecular weight excluding hydrogens is 394 g/mol. The molecule has 1 heterocycles. The molecule has 1 atom stereocenters. The molecule has 1 aliphatic rings. The van der Waals surface area contributed by atoms with Crippen LogP contribution in [0.4, 0.5) is 0 Å². The molecule has 2 nitrogen and oxygen atoms in total. The minimum Gasteiger partial charge on any atom is -0.352 e. The van der Waals surface area contributed by atoms with Crippen LogP contribution in [0.3, 0.4) is 0 Å². The molecular formula is C17H15Br2NO. The Morgan fingerprint density at radius 1 is 1.14 bits per heavy atom. The van der Waals surface area contributed by atoms with E-state index in [9.17, 15) is 4.79 Å². The van der Waals surface area contributed by atoms with Crippen LogP contribution in [0.15, 0.2) is 40.9 Å². The molecule has 0 saturated carbocycles. The maximum Gasteiger partial charge on any atom is 0.251 e. The molecule has 0 aliphatic carbocycles. The second-order valence-electron chi connectivity index (χ2n) is 5.35.